The molecule has 0 aromatic heterocycles. The second-order valence-corrected chi connectivity index (χ2v) is 4.81. The molecule has 0 atom stereocenters. The van der Waals surface area contributed by atoms with Crippen LogP contribution in [0.15, 0.2) is 49.0 Å². The van der Waals surface area contributed by atoms with Crippen LogP contribution in [0.3, 0.4) is 0 Å². The first-order valence-electron chi connectivity index (χ1n) is 6.52. The van der Waals surface area contributed by atoms with Gasteiger partial charge in [0.1, 0.15) is 0 Å². The number of carbonyl (C=O) groups is 2. The van der Waals surface area contributed by atoms with Gasteiger partial charge in [-0.2, -0.15) is 0 Å². The predicted octanol–water partition coefficient (Wildman–Crippen LogP) is 3.47. The van der Waals surface area contributed by atoms with E-state index in [2.05, 4.69) is 11.9 Å². The number of aryl methyl sites for hydroxylation is 1. The van der Waals surface area contributed by atoms with Gasteiger partial charge < -0.3 is 15.5 Å². The third-order valence-electron chi connectivity index (χ3n) is 3.17. The van der Waals surface area contributed by atoms with Gasteiger partial charge in [0.05, 0.1) is 16.8 Å². The second-order valence-electron chi connectivity index (χ2n) is 4.81. The number of hydrogen-bond acceptors (Lipinski definition) is 3. The molecule has 0 heterocycles. The van der Waals surface area contributed by atoms with E-state index in [1.807, 2.05) is 0 Å². The van der Waals surface area contributed by atoms with Crippen molar-refractivity contribution in [2.75, 3.05) is 5.32 Å². The van der Waals surface area contributed by atoms with Gasteiger partial charge in [-0.05, 0) is 25.1 Å². The number of carboxylic acid groups (broad SMARTS) is 2. The van der Waals surface area contributed by atoms with Crippen molar-refractivity contribution in [3.05, 3.63) is 71.3 Å². The first-order valence-corrected chi connectivity index (χ1v) is 6.52. The van der Waals surface area contributed by atoms with Crippen molar-refractivity contribution in [1.82, 2.24) is 0 Å². The molecule has 0 saturated carbocycles. The predicted molar refractivity (Wildman–Crippen MR) is 84.2 cm³/mol. The van der Waals surface area contributed by atoms with Crippen LogP contribution in [0.25, 0.3) is 5.70 Å². The normalized spacial score (nSPS) is 10.0. The Morgan fingerprint density at radius 1 is 0.955 bits per heavy atom. The fourth-order valence-electron chi connectivity index (χ4n) is 2.11. The fourth-order valence-corrected chi connectivity index (χ4v) is 2.11. The summed E-state index contributed by atoms with van der Waals surface area (Å²) in [5.41, 5.74) is 2.12. The Labute approximate surface area is 127 Å². The van der Waals surface area contributed by atoms with Crippen LogP contribution in [0, 0.1) is 6.92 Å². The summed E-state index contributed by atoms with van der Waals surface area (Å²) in [6.45, 7) is 5.62. The van der Waals surface area contributed by atoms with Crippen molar-refractivity contribution in [2.24, 2.45) is 0 Å². The molecule has 0 bridgehead atoms. The fraction of sp³-hybridized carbons (Fsp3) is 0.0588. The average Bonchev–Trinajstić information content (AvgIpc) is 2.48. The van der Waals surface area contributed by atoms with Gasteiger partial charge in [0.2, 0.25) is 0 Å². The van der Waals surface area contributed by atoms with Crippen LogP contribution in [0.5, 0.6) is 0 Å². The van der Waals surface area contributed by atoms with E-state index in [1.165, 1.54) is 6.07 Å². The Morgan fingerprint density at radius 3 is 2.14 bits per heavy atom. The quantitative estimate of drug-likeness (QED) is 0.786. The number of anilines is 1. The van der Waals surface area contributed by atoms with Gasteiger partial charge in [-0.1, -0.05) is 36.4 Å². The number of carboxylic acids is 2. The molecule has 5 heteroatoms. The summed E-state index contributed by atoms with van der Waals surface area (Å²) in [6, 6.07) is 11.3. The van der Waals surface area contributed by atoms with Crippen LogP contribution in [0.4, 0.5) is 5.69 Å². The van der Waals surface area contributed by atoms with E-state index in [1.54, 1.807) is 43.3 Å². The van der Waals surface area contributed by atoms with Gasteiger partial charge in [0.25, 0.3) is 0 Å². The van der Waals surface area contributed by atoms with E-state index in [9.17, 15) is 19.8 Å². The summed E-state index contributed by atoms with van der Waals surface area (Å²) in [4.78, 5) is 22.5. The molecular weight excluding hydrogens is 282 g/mol. The lowest BCUT2D eigenvalue weighted by molar-refractivity contribution is 0.0686. The topological polar surface area (TPSA) is 86.6 Å². The first-order chi connectivity index (χ1) is 10.4. The summed E-state index contributed by atoms with van der Waals surface area (Å²) in [7, 11) is 0. The molecule has 0 aliphatic rings. The van der Waals surface area contributed by atoms with Crippen molar-refractivity contribution >= 4 is 23.3 Å². The molecule has 112 valence electrons. The Balaban J connectivity index is 2.38. The molecule has 0 fully saturated rings. The third kappa shape index (κ3) is 3.15. The summed E-state index contributed by atoms with van der Waals surface area (Å²) in [5, 5.41) is 21.3. The highest BCUT2D eigenvalue weighted by atomic mass is 16.4. The number of aromatic carboxylic acids is 2. The van der Waals surface area contributed by atoms with Gasteiger partial charge in [0, 0.05) is 11.3 Å². The van der Waals surface area contributed by atoms with Crippen LogP contribution in [0.2, 0.25) is 0 Å². The molecule has 22 heavy (non-hydrogen) atoms. The number of hydrogen-bond donors (Lipinski definition) is 3. The zero-order valence-electron chi connectivity index (χ0n) is 12.0. The van der Waals surface area contributed by atoms with E-state index in [4.69, 9.17) is 0 Å². The third-order valence-corrected chi connectivity index (χ3v) is 3.17. The summed E-state index contributed by atoms with van der Waals surface area (Å²) in [6.07, 6.45) is 0. The van der Waals surface area contributed by atoms with Crippen LogP contribution in [0.1, 0.15) is 31.8 Å². The molecule has 0 aliphatic carbocycles. The van der Waals surface area contributed by atoms with Crippen LogP contribution < -0.4 is 5.32 Å². The van der Waals surface area contributed by atoms with E-state index in [0.717, 1.165) is 5.56 Å². The lowest BCUT2D eigenvalue weighted by Crippen LogP contribution is -2.08. The molecule has 0 unspecified atom stereocenters. The highest BCUT2D eigenvalue weighted by Crippen LogP contribution is 2.24. The maximum absolute atomic E-state index is 11.3. The first kappa shape index (κ1) is 15.3. The van der Waals surface area contributed by atoms with Crippen molar-refractivity contribution in [1.29, 1.82) is 0 Å². The van der Waals surface area contributed by atoms with E-state index >= 15 is 0 Å². The maximum atomic E-state index is 11.3. The zero-order valence-corrected chi connectivity index (χ0v) is 12.0. The maximum Gasteiger partial charge on any atom is 0.337 e. The largest absolute Gasteiger partial charge is 0.478 e. The van der Waals surface area contributed by atoms with Gasteiger partial charge in [-0.3, -0.25) is 0 Å². The van der Waals surface area contributed by atoms with Crippen molar-refractivity contribution in [3.63, 3.8) is 0 Å². The molecule has 2 rings (SSSR count). The number of rotatable bonds is 5. The smallest absolute Gasteiger partial charge is 0.337 e. The lowest BCUT2D eigenvalue weighted by atomic mass is 10.0. The van der Waals surface area contributed by atoms with Gasteiger partial charge in [-0.25, -0.2) is 9.59 Å². The second kappa shape index (κ2) is 6.13. The molecule has 0 saturated heterocycles. The molecule has 3 N–H and O–H groups in total. The number of nitrogens with one attached hydrogen (secondary N) is 1. The molecular formula is C17H15NO4. The standard InChI is InChI=1S/C17H15NO4/c1-10-7-8-15(14(9-10)17(21)22)18-11(2)12-5-3-4-6-13(12)16(19)20/h3-9,18H,2H2,1H3,(H,19,20)(H,21,22). The van der Waals surface area contributed by atoms with Gasteiger partial charge in [-0.15, -0.1) is 0 Å². The van der Waals surface area contributed by atoms with Crippen LogP contribution >= 0.6 is 0 Å². The lowest BCUT2D eigenvalue weighted by Gasteiger charge is -2.14. The average molecular weight is 297 g/mol. The Bertz CT molecular complexity index is 765. The molecule has 0 amide bonds. The minimum Gasteiger partial charge on any atom is -0.478 e. The minimum absolute atomic E-state index is 0.101. The van der Waals surface area contributed by atoms with E-state index in [0.29, 0.717) is 16.9 Å². The van der Waals surface area contributed by atoms with E-state index in [-0.39, 0.29) is 11.1 Å². The van der Waals surface area contributed by atoms with Gasteiger partial charge >= 0.3 is 11.9 Å². The Morgan fingerprint density at radius 2 is 1.55 bits per heavy atom. The molecule has 0 spiro atoms. The minimum atomic E-state index is -1.07. The molecule has 5 nitrogen and oxygen atoms in total. The van der Waals surface area contributed by atoms with Crippen molar-refractivity contribution in [2.45, 2.75) is 6.92 Å². The monoisotopic (exact) mass is 297 g/mol. The Hall–Kier alpha value is -3.08. The van der Waals surface area contributed by atoms with E-state index < -0.39 is 11.9 Å². The molecule has 0 radical (unpaired) electrons. The Kier molecular flexibility index (Phi) is 4.27. The summed E-state index contributed by atoms with van der Waals surface area (Å²) in [5.74, 6) is -2.13. The SMILES string of the molecule is C=C(Nc1ccc(C)cc1C(=O)O)c1ccccc1C(=O)O. The summed E-state index contributed by atoms with van der Waals surface area (Å²) < 4.78 is 0. The highest BCUT2D eigenvalue weighted by Gasteiger charge is 2.15. The highest BCUT2D eigenvalue weighted by molar-refractivity contribution is 5.99. The number of benzene rings is 2. The summed E-state index contributed by atoms with van der Waals surface area (Å²) >= 11 is 0. The van der Waals surface area contributed by atoms with Crippen LogP contribution in [-0.4, -0.2) is 22.2 Å². The van der Waals surface area contributed by atoms with Crippen molar-refractivity contribution < 1.29 is 19.8 Å². The zero-order chi connectivity index (χ0) is 16.3. The molecule has 2 aromatic rings. The molecule has 0 aliphatic heterocycles. The van der Waals surface area contributed by atoms with Crippen molar-refractivity contribution in [3.8, 4) is 0 Å². The van der Waals surface area contributed by atoms with Crippen LogP contribution in [-0.2, 0) is 0 Å². The molecule has 2 aromatic carbocycles. The van der Waals surface area contributed by atoms with Gasteiger partial charge in [0.15, 0.2) is 0 Å².